The molecule has 28 heavy (non-hydrogen) atoms. The normalized spacial score (nSPS) is 11.6. The van der Waals surface area contributed by atoms with E-state index in [1.54, 1.807) is 24.3 Å². The van der Waals surface area contributed by atoms with Crippen LogP contribution in [0.3, 0.4) is 0 Å². The zero-order chi connectivity index (χ0) is 19.9. The van der Waals surface area contributed by atoms with E-state index in [1.165, 1.54) is 7.11 Å². The van der Waals surface area contributed by atoms with Gasteiger partial charge in [-0.2, -0.15) is 0 Å². The summed E-state index contributed by atoms with van der Waals surface area (Å²) in [7, 11) is 1.36. The number of hydrogen-bond acceptors (Lipinski definition) is 4. The average molecular weight is 377 g/mol. The van der Waals surface area contributed by atoms with Crippen LogP contribution in [0.25, 0.3) is 10.8 Å². The SMILES string of the molecule is COC(=O)Cc1ccc(OCC(=O)N[C@@H](C)c2cccc3ccccc23)cc1. The minimum Gasteiger partial charge on any atom is -0.484 e. The topological polar surface area (TPSA) is 64.6 Å². The summed E-state index contributed by atoms with van der Waals surface area (Å²) in [5, 5.41) is 5.25. The summed E-state index contributed by atoms with van der Waals surface area (Å²) in [6, 6.07) is 21.1. The number of benzene rings is 3. The van der Waals surface area contributed by atoms with Gasteiger partial charge < -0.3 is 14.8 Å². The maximum absolute atomic E-state index is 12.3. The standard InChI is InChI=1S/C23H23NO4/c1-16(20-9-5-7-18-6-3-4-8-21(18)20)24-22(25)15-28-19-12-10-17(11-13-19)14-23(26)27-2/h3-13,16H,14-15H2,1-2H3,(H,24,25)/t16-/m0/s1. The number of amides is 1. The van der Waals surface area contributed by atoms with Gasteiger partial charge in [0.2, 0.25) is 0 Å². The Hall–Kier alpha value is -3.34. The van der Waals surface area contributed by atoms with Crippen molar-refractivity contribution in [2.45, 2.75) is 19.4 Å². The predicted octanol–water partition coefficient (Wildman–Crippen LogP) is 3.81. The highest BCUT2D eigenvalue weighted by Crippen LogP contribution is 2.24. The molecule has 0 fully saturated rings. The maximum Gasteiger partial charge on any atom is 0.309 e. The van der Waals surface area contributed by atoms with Crippen molar-refractivity contribution in [3.63, 3.8) is 0 Å². The molecule has 0 heterocycles. The molecule has 0 aliphatic carbocycles. The first kappa shape index (κ1) is 19.4. The van der Waals surface area contributed by atoms with Crippen LogP contribution in [0.2, 0.25) is 0 Å². The number of rotatable bonds is 7. The van der Waals surface area contributed by atoms with E-state index >= 15 is 0 Å². The zero-order valence-electron chi connectivity index (χ0n) is 16.0. The van der Waals surface area contributed by atoms with Gasteiger partial charge in [-0.3, -0.25) is 9.59 Å². The second kappa shape index (κ2) is 9.04. The molecule has 5 heteroatoms. The van der Waals surface area contributed by atoms with E-state index in [1.807, 2.05) is 31.2 Å². The summed E-state index contributed by atoms with van der Waals surface area (Å²) < 4.78 is 10.2. The van der Waals surface area contributed by atoms with Gasteiger partial charge in [0.15, 0.2) is 6.61 Å². The Morgan fingerprint density at radius 1 is 0.964 bits per heavy atom. The highest BCUT2D eigenvalue weighted by Gasteiger charge is 2.13. The number of carbonyl (C=O) groups excluding carboxylic acids is 2. The van der Waals surface area contributed by atoms with E-state index in [0.717, 1.165) is 21.9 Å². The molecule has 0 radical (unpaired) electrons. The third-order valence-electron chi connectivity index (χ3n) is 4.54. The van der Waals surface area contributed by atoms with Gasteiger partial charge in [-0.05, 0) is 41.0 Å². The smallest absolute Gasteiger partial charge is 0.309 e. The van der Waals surface area contributed by atoms with E-state index in [-0.39, 0.29) is 30.9 Å². The number of ether oxygens (including phenoxy) is 2. The molecule has 0 aliphatic heterocycles. The van der Waals surface area contributed by atoms with Gasteiger partial charge in [-0.1, -0.05) is 54.6 Å². The van der Waals surface area contributed by atoms with Crippen LogP contribution in [0.15, 0.2) is 66.7 Å². The molecule has 5 nitrogen and oxygen atoms in total. The van der Waals surface area contributed by atoms with Crippen molar-refractivity contribution in [3.8, 4) is 5.75 Å². The van der Waals surface area contributed by atoms with Crippen molar-refractivity contribution >= 4 is 22.6 Å². The highest BCUT2D eigenvalue weighted by atomic mass is 16.5. The maximum atomic E-state index is 12.3. The molecule has 1 atom stereocenters. The molecular formula is C23H23NO4. The Labute approximate surface area is 164 Å². The van der Waals surface area contributed by atoms with Crippen LogP contribution in [0, 0.1) is 0 Å². The number of methoxy groups -OCH3 is 1. The zero-order valence-corrected chi connectivity index (χ0v) is 16.0. The van der Waals surface area contributed by atoms with Crippen molar-refractivity contribution in [1.29, 1.82) is 0 Å². The number of carbonyl (C=O) groups is 2. The van der Waals surface area contributed by atoms with Crippen LogP contribution in [0.5, 0.6) is 5.75 Å². The lowest BCUT2D eigenvalue weighted by molar-refractivity contribution is -0.139. The third kappa shape index (κ3) is 4.88. The fourth-order valence-corrected chi connectivity index (χ4v) is 3.08. The Morgan fingerprint density at radius 2 is 1.68 bits per heavy atom. The molecule has 3 aromatic rings. The van der Waals surface area contributed by atoms with Crippen LogP contribution in [0.4, 0.5) is 0 Å². The van der Waals surface area contributed by atoms with Gasteiger partial charge in [0.25, 0.3) is 5.91 Å². The summed E-state index contributed by atoms with van der Waals surface area (Å²) in [6.07, 6.45) is 0.208. The Bertz CT molecular complexity index is 961. The first-order valence-corrected chi connectivity index (χ1v) is 9.12. The van der Waals surface area contributed by atoms with Gasteiger partial charge in [0.05, 0.1) is 19.6 Å². The second-order valence-corrected chi connectivity index (χ2v) is 6.54. The molecule has 0 unspecified atom stereocenters. The van der Waals surface area contributed by atoms with Crippen LogP contribution in [-0.4, -0.2) is 25.6 Å². The number of esters is 1. The van der Waals surface area contributed by atoms with Gasteiger partial charge >= 0.3 is 5.97 Å². The molecular weight excluding hydrogens is 354 g/mol. The summed E-state index contributed by atoms with van der Waals surface area (Å²) in [5.74, 6) is 0.0797. The minimum absolute atomic E-state index is 0.0779. The highest BCUT2D eigenvalue weighted by molar-refractivity contribution is 5.87. The summed E-state index contributed by atoms with van der Waals surface area (Å²) in [4.78, 5) is 23.6. The van der Waals surface area contributed by atoms with E-state index < -0.39 is 0 Å². The fraction of sp³-hybridized carbons (Fsp3) is 0.217. The van der Waals surface area contributed by atoms with Crippen molar-refractivity contribution in [2.24, 2.45) is 0 Å². The van der Waals surface area contributed by atoms with E-state index in [9.17, 15) is 9.59 Å². The minimum atomic E-state index is -0.296. The third-order valence-corrected chi connectivity index (χ3v) is 4.54. The molecule has 0 spiro atoms. The number of hydrogen-bond donors (Lipinski definition) is 1. The first-order chi connectivity index (χ1) is 13.6. The quantitative estimate of drug-likeness (QED) is 0.636. The lowest BCUT2D eigenvalue weighted by Gasteiger charge is -2.17. The van der Waals surface area contributed by atoms with Gasteiger partial charge in [0, 0.05) is 0 Å². The number of fused-ring (bicyclic) bond motifs is 1. The Balaban J connectivity index is 1.56. The summed E-state index contributed by atoms with van der Waals surface area (Å²) in [5.41, 5.74) is 1.90. The van der Waals surface area contributed by atoms with Gasteiger partial charge in [-0.25, -0.2) is 0 Å². The predicted molar refractivity (Wildman–Crippen MR) is 108 cm³/mol. The Morgan fingerprint density at radius 3 is 2.43 bits per heavy atom. The fourth-order valence-electron chi connectivity index (χ4n) is 3.08. The van der Waals surface area contributed by atoms with Crippen LogP contribution in [-0.2, 0) is 20.7 Å². The molecule has 1 N–H and O–H groups in total. The Kier molecular flexibility index (Phi) is 6.27. The van der Waals surface area contributed by atoms with Crippen LogP contribution >= 0.6 is 0 Å². The molecule has 0 saturated carbocycles. The lowest BCUT2D eigenvalue weighted by Crippen LogP contribution is -2.31. The molecule has 0 aromatic heterocycles. The largest absolute Gasteiger partial charge is 0.484 e. The lowest BCUT2D eigenvalue weighted by atomic mass is 10.00. The van der Waals surface area contributed by atoms with Crippen molar-refractivity contribution in [3.05, 3.63) is 77.9 Å². The van der Waals surface area contributed by atoms with E-state index in [4.69, 9.17) is 4.74 Å². The second-order valence-electron chi connectivity index (χ2n) is 6.54. The summed E-state index contributed by atoms with van der Waals surface area (Å²) >= 11 is 0. The van der Waals surface area contributed by atoms with E-state index in [2.05, 4.69) is 28.3 Å². The van der Waals surface area contributed by atoms with Crippen molar-refractivity contribution in [2.75, 3.05) is 13.7 Å². The first-order valence-electron chi connectivity index (χ1n) is 9.12. The number of nitrogens with one attached hydrogen (secondary N) is 1. The van der Waals surface area contributed by atoms with E-state index in [0.29, 0.717) is 5.75 Å². The van der Waals surface area contributed by atoms with Crippen LogP contribution in [0.1, 0.15) is 24.1 Å². The van der Waals surface area contributed by atoms with Crippen LogP contribution < -0.4 is 10.1 Å². The molecule has 0 saturated heterocycles. The molecule has 3 aromatic carbocycles. The monoisotopic (exact) mass is 377 g/mol. The molecule has 0 bridgehead atoms. The van der Waals surface area contributed by atoms with Crippen molar-refractivity contribution < 1.29 is 19.1 Å². The van der Waals surface area contributed by atoms with Gasteiger partial charge in [-0.15, -0.1) is 0 Å². The summed E-state index contributed by atoms with van der Waals surface area (Å²) in [6.45, 7) is 1.88. The molecule has 1 amide bonds. The molecule has 0 aliphatic rings. The van der Waals surface area contributed by atoms with Gasteiger partial charge in [0.1, 0.15) is 5.75 Å². The van der Waals surface area contributed by atoms with Crippen molar-refractivity contribution in [1.82, 2.24) is 5.32 Å². The molecule has 3 rings (SSSR count). The molecule has 144 valence electrons. The average Bonchev–Trinajstić information content (AvgIpc) is 2.72.